The first kappa shape index (κ1) is 10.9. The molecule has 0 fully saturated rings. The van der Waals surface area contributed by atoms with Gasteiger partial charge < -0.3 is 9.84 Å². The van der Waals surface area contributed by atoms with Crippen molar-refractivity contribution in [2.45, 2.75) is 12.2 Å². The van der Waals surface area contributed by atoms with Crippen LogP contribution in [0.3, 0.4) is 0 Å². The minimum Gasteiger partial charge on any atom is -0.506 e. The Balaban J connectivity index is 2.90. The third-order valence-electron chi connectivity index (χ3n) is 1.27. The standard InChI is InChI=1S/C7H5ClF3NO2/c8-3-4-5(13)1-2-6(12-4)14-7(9,10)11/h1-2,13H,3H2. The quantitative estimate of drug-likeness (QED) is 0.789. The highest BCUT2D eigenvalue weighted by atomic mass is 35.5. The van der Waals surface area contributed by atoms with E-state index in [-0.39, 0.29) is 17.3 Å². The molecular formula is C7H5ClF3NO2. The number of hydrogen-bond donors (Lipinski definition) is 1. The Labute approximate surface area is 82.1 Å². The summed E-state index contributed by atoms with van der Waals surface area (Å²) in [5.41, 5.74) is -0.0617. The number of nitrogens with zero attached hydrogens (tertiary/aromatic N) is 1. The first-order valence-corrected chi connectivity index (χ1v) is 3.96. The molecule has 1 N–H and O–H groups in total. The molecule has 78 valence electrons. The van der Waals surface area contributed by atoms with Gasteiger partial charge in [0.1, 0.15) is 11.4 Å². The minimum absolute atomic E-state index is 0.0617. The fourth-order valence-electron chi connectivity index (χ4n) is 0.748. The third kappa shape index (κ3) is 2.95. The highest BCUT2D eigenvalue weighted by Crippen LogP contribution is 2.25. The average Bonchev–Trinajstić information content (AvgIpc) is 2.06. The van der Waals surface area contributed by atoms with Crippen LogP contribution in [0.5, 0.6) is 11.6 Å². The molecule has 1 rings (SSSR count). The molecule has 14 heavy (non-hydrogen) atoms. The lowest BCUT2D eigenvalue weighted by molar-refractivity contribution is -0.276. The maximum atomic E-state index is 11.7. The lowest BCUT2D eigenvalue weighted by atomic mass is 10.3. The first-order valence-electron chi connectivity index (χ1n) is 3.43. The number of alkyl halides is 4. The molecule has 0 amide bonds. The molecule has 0 bridgehead atoms. The van der Waals surface area contributed by atoms with Crippen molar-refractivity contribution in [2.24, 2.45) is 0 Å². The van der Waals surface area contributed by atoms with Crippen LogP contribution in [-0.2, 0) is 5.88 Å². The van der Waals surface area contributed by atoms with E-state index in [1.54, 1.807) is 0 Å². The lowest BCUT2D eigenvalue weighted by Crippen LogP contribution is -2.18. The Bertz CT molecular complexity index is 329. The molecule has 0 spiro atoms. The molecule has 0 saturated carbocycles. The van der Waals surface area contributed by atoms with E-state index in [0.717, 1.165) is 12.1 Å². The number of aromatic hydroxyl groups is 1. The van der Waals surface area contributed by atoms with Crippen molar-refractivity contribution in [1.29, 1.82) is 0 Å². The van der Waals surface area contributed by atoms with Gasteiger partial charge in [-0.1, -0.05) is 0 Å². The van der Waals surface area contributed by atoms with Gasteiger partial charge in [0.05, 0.1) is 5.88 Å². The number of rotatable bonds is 2. The molecule has 0 aliphatic heterocycles. The van der Waals surface area contributed by atoms with Crippen LogP contribution in [0.1, 0.15) is 5.69 Å². The van der Waals surface area contributed by atoms with E-state index in [1.807, 2.05) is 0 Å². The molecular weight excluding hydrogens is 223 g/mol. The second-order valence-corrected chi connectivity index (χ2v) is 2.56. The summed E-state index contributed by atoms with van der Waals surface area (Å²) in [5.74, 6) is -1.11. The fraction of sp³-hybridized carbons (Fsp3) is 0.286. The predicted octanol–water partition coefficient (Wildman–Crippen LogP) is 2.42. The summed E-state index contributed by atoms with van der Waals surface area (Å²) in [4.78, 5) is 3.35. The van der Waals surface area contributed by atoms with Crippen molar-refractivity contribution < 1.29 is 23.0 Å². The summed E-state index contributed by atoms with van der Waals surface area (Å²) in [6, 6.07) is 1.94. The first-order chi connectivity index (χ1) is 6.42. The lowest BCUT2D eigenvalue weighted by Gasteiger charge is -2.08. The van der Waals surface area contributed by atoms with Gasteiger partial charge in [-0.3, -0.25) is 0 Å². The van der Waals surface area contributed by atoms with Gasteiger partial charge in [-0.15, -0.1) is 24.8 Å². The van der Waals surface area contributed by atoms with Gasteiger partial charge in [0, 0.05) is 6.07 Å². The van der Waals surface area contributed by atoms with Crippen LogP contribution in [-0.4, -0.2) is 16.5 Å². The second kappa shape index (κ2) is 3.91. The van der Waals surface area contributed by atoms with E-state index < -0.39 is 12.2 Å². The zero-order valence-corrected chi connectivity index (χ0v) is 7.43. The van der Waals surface area contributed by atoms with Crippen molar-refractivity contribution in [1.82, 2.24) is 4.98 Å². The van der Waals surface area contributed by atoms with Gasteiger partial charge in [-0.25, -0.2) is 4.98 Å². The molecule has 7 heteroatoms. The highest BCUT2D eigenvalue weighted by Gasteiger charge is 2.31. The predicted molar refractivity (Wildman–Crippen MR) is 42.1 cm³/mol. The van der Waals surface area contributed by atoms with E-state index in [0.29, 0.717) is 0 Å². The summed E-state index contributed by atoms with van der Waals surface area (Å²) < 4.78 is 38.7. The molecule has 1 aromatic rings. The van der Waals surface area contributed by atoms with Crippen LogP contribution in [0, 0.1) is 0 Å². The van der Waals surface area contributed by atoms with E-state index in [2.05, 4.69) is 9.72 Å². The summed E-state index contributed by atoms with van der Waals surface area (Å²) in [7, 11) is 0. The molecule has 0 saturated heterocycles. The topological polar surface area (TPSA) is 42.4 Å². The molecule has 0 aliphatic carbocycles. The molecule has 0 unspecified atom stereocenters. The zero-order valence-electron chi connectivity index (χ0n) is 6.68. The van der Waals surface area contributed by atoms with Crippen molar-refractivity contribution in [3.05, 3.63) is 17.8 Å². The van der Waals surface area contributed by atoms with Crippen molar-refractivity contribution in [3.63, 3.8) is 0 Å². The van der Waals surface area contributed by atoms with Crippen molar-refractivity contribution in [3.8, 4) is 11.6 Å². The third-order valence-corrected chi connectivity index (χ3v) is 1.52. The molecule has 0 aliphatic rings. The van der Waals surface area contributed by atoms with Crippen LogP contribution in [0.4, 0.5) is 13.2 Å². The van der Waals surface area contributed by atoms with E-state index >= 15 is 0 Å². The Hall–Kier alpha value is -1.17. The number of hydrogen-bond acceptors (Lipinski definition) is 3. The van der Waals surface area contributed by atoms with E-state index in [4.69, 9.17) is 16.7 Å². The Kier molecular flexibility index (Phi) is 3.05. The van der Waals surface area contributed by atoms with Crippen LogP contribution in [0.25, 0.3) is 0 Å². The Morgan fingerprint density at radius 1 is 1.43 bits per heavy atom. The van der Waals surface area contributed by atoms with Gasteiger partial charge in [0.25, 0.3) is 0 Å². The summed E-state index contributed by atoms with van der Waals surface area (Å²) in [6.45, 7) is 0. The van der Waals surface area contributed by atoms with Gasteiger partial charge in [-0.05, 0) is 6.07 Å². The van der Waals surface area contributed by atoms with Crippen molar-refractivity contribution in [2.75, 3.05) is 0 Å². The van der Waals surface area contributed by atoms with E-state index in [1.165, 1.54) is 0 Å². The normalized spacial score (nSPS) is 11.4. The van der Waals surface area contributed by atoms with Crippen LogP contribution in [0.2, 0.25) is 0 Å². The van der Waals surface area contributed by atoms with Gasteiger partial charge >= 0.3 is 6.36 Å². The SMILES string of the molecule is Oc1ccc(OC(F)(F)F)nc1CCl. The number of ether oxygens (including phenoxy) is 1. The molecule has 1 heterocycles. The molecule has 1 aromatic heterocycles. The summed E-state index contributed by atoms with van der Waals surface area (Å²) >= 11 is 5.32. The monoisotopic (exact) mass is 227 g/mol. The van der Waals surface area contributed by atoms with Gasteiger partial charge in [-0.2, -0.15) is 0 Å². The average molecular weight is 228 g/mol. The summed E-state index contributed by atoms with van der Waals surface area (Å²) in [5, 5.41) is 9.05. The fourth-order valence-corrected chi connectivity index (χ4v) is 0.944. The van der Waals surface area contributed by atoms with E-state index in [9.17, 15) is 13.2 Å². The highest BCUT2D eigenvalue weighted by molar-refractivity contribution is 6.17. The smallest absolute Gasteiger partial charge is 0.506 e. The second-order valence-electron chi connectivity index (χ2n) is 2.30. The molecule has 0 aromatic carbocycles. The number of pyridine rings is 1. The molecule has 0 radical (unpaired) electrons. The Morgan fingerprint density at radius 3 is 2.57 bits per heavy atom. The van der Waals surface area contributed by atoms with Crippen LogP contribution >= 0.6 is 11.6 Å². The van der Waals surface area contributed by atoms with Crippen molar-refractivity contribution >= 4 is 11.6 Å². The van der Waals surface area contributed by atoms with Crippen LogP contribution < -0.4 is 4.74 Å². The minimum atomic E-state index is -4.80. The largest absolute Gasteiger partial charge is 0.574 e. The zero-order chi connectivity index (χ0) is 10.8. The number of aromatic nitrogens is 1. The van der Waals surface area contributed by atoms with Gasteiger partial charge in [0.15, 0.2) is 0 Å². The van der Waals surface area contributed by atoms with Crippen LogP contribution in [0.15, 0.2) is 12.1 Å². The maximum absolute atomic E-state index is 11.7. The molecule has 3 nitrogen and oxygen atoms in total. The maximum Gasteiger partial charge on any atom is 0.574 e. The molecule has 0 atom stereocenters. The Morgan fingerprint density at radius 2 is 2.07 bits per heavy atom. The van der Waals surface area contributed by atoms with Gasteiger partial charge in [0.2, 0.25) is 5.88 Å². The summed E-state index contributed by atoms with van der Waals surface area (Å²) in [6.07, 6.45) is -4.80. The number of halogens is 4.